The first-order valence-corrected chi connectivity index (χ1v) is 24.5. The van der Waals surface area contributed by atoms with Gasteiger partial charge in [-0.05, 0) is 59.3 Å². The Morgan fingerprint density at radius 1 is 0.448 bits per heavy atom. The van der Waals surface area contributed by atoms with E-state index < -0.39 is 109 Å². The van der Waals surface area contributed by atoms with E-state index in [1.54, 1.807) is 0 Å². The smallest absolute Gasteiger partial charge is 0.347 e. The molecule has 0 amide bonds. The molecule has 0 aromatic carbocycles. The van der Waals surface area contributed by atoms with E-state index in [9.17, 15) is 57.5 Å². The summed E-state index contributed by atoms with van der Waals surface area (Å²) >= 11 is 0. The van der Waals surface area contributed by atoms with Crippen LogP contribution < -0.4 is 0 Å². The number of aliphatic carboxylic acids is 3. The van der Waals surface area contributed by atoms with Gasteiger partial charge in [0, 0.05) is 38.9 Å². The summed E-state index contributed by atoms with van der Waals surface area (Å²) in [5, 5.41) is 49.1. The van der Waals surface area contributed by atoms with Gasteiger partial charge in [-0.1, -0.05) is 134 Å². The average Bonchev–Trinajstić information content (AvgIpc) is 4.21. The molecular formula is C65H145BN2O28. The van der Waals surface area contributed by atoms with Crippen molar-refractivity contribution in [1.29, 1.82) is 0 Å². The average molecular weight is 1410 g/mol. The summed E-state index contributed by atoms with van der Waals surface area (Å²) in [7, 11) is 0.750. The number of ketones is 2. The Morgan fingerprint density at radius 3 is 1.17 bits per heavy atom. The van der Waals surface area contributed by atoms with Crippen molar-refractivity contribution in [3.8, 4) is 0 Å². The number of ether oxygens (including phenoxy) is 9. The van der Waals surface area contributed by atoms with Crippen LogP contribution in [-0.4, -0.2) is 212 Å². The SMILES string of the molecule is C.C.C.C.C.C.C.C.C.C.C.C.C.C.C.C.C.C.C1COC(C2=NCCO2)=N1.CB=O.CC(OC(=O)CCC(=O)O)C(=O)OCCCCC(=O)OCCOCCCCC(=O)OC(C)C(=O)C(=O)CCC(=O)O.CC(OC(=O)CCCCO)C(=O)O.O=C1CCC(=O)O1.OCCO. The molecule has 0 bridgehead atoms. The zero-order valence-electron chi connectivity index (χ0n) is 44.3. The molecule has 0 saturated carbocycles. The second kappa shape index (κ2) is 98.9. The fraction of sp³-hybridized carbons (Fsp3) is 0.785. The summed E-state index contributed by atoms with van der Waals surface area (Å²) in [6, 6.07) is 0. The molecule has 0 aliphatic carbocycles. The fourth-order valence-corrected chi connectivity index (χ4v) is 4.97. The van der Waals surface area contributed by atoms with Crippen LogP contribution in [0.2, 0.25) is 6.82 Å². The van der Waals surface area contributed by atoms with Crippen LogP contribution in [0.4, 0.5) is 0 Å². The summed E-state index contributed by atoms with van der Waals surface area (Å²) in [5.74, 6) is -8.31. The molecule has 0 radical (unpaired) electrons. The number of hydrogen-bond donors (Lipinski definition) is 6. The number of unbranched alkanes of at least 4 members (excludes halogenated alkanes) is 3. The standard InChI is InChI=1S/C26H38O15.C8H14O5.C6H8N2O2.C4H4O3.C2H6O2.CH3BO.18CH4/c1-17(25(35)19(27)9-10-20(28)29)40-23(33)8-3-5-13-37-15-16-38-22(32)7-4-6-14-39-26(36)18(2)41-24(34)12-11-21(30)31;1-6(8(11)12)13-7(10)4-2-3-5-9;1-3-9-5(7-1)6-8-2-4-10-6;5-3-1-2-4(6)7-3;3-1-2-4;1-2-3;;;;;;;;;;;;;;;;;;/h17-18H,3-16H2,1-2H3,(H,28,29)(H,30,31);6,9H,2-5H2,1H3,(H,11,12);1-4H2;1-2H2;3-4H,1-2H2;1H3;18*1H4. The third-order valence-electron chi connectivity index (χ3n) is 8.79. The van der Waals surface area contributed by atoms with E-state index >= 15 is 0 Å². The molecule has 1 fully saturated rings. The monoisotopic (exact) mass is 1410 g/mol. The summed E-state index contributed by atoms with van der Waals surface area (Å²) in [6.45, 7) is 8.32. The fourth-order valence-electron chi connectivity index (χ4n) is 4.97. The van der Waals surface area contributed by atoms with Crippen LogP contribution >= 0.6 is 0 Å². The molecule has 0 spiro atoms. The minimum atomic E-state index is -1.29. The zero-order chi connectivity index (χ0) is 59.7. The number of carboxylic acids is 3. The van der Waals surface area contributed by atoms with Crippen molar-refractivity contribution in [3.63, 3.8) is 0 Å². The zero-order valence-corrected chi connectivity index (χ0v) is 44.3. The van der Waals surface area contributed by atoms with Gasteiger partial charge in [0.25, 0.3) is 11.8 Å². The Labute approximate surface area is 582 Å². The van der Waals surface area contributed by atoms with Crippen LogP contribution in [0.15, 0.2) is 9.98 Å². The largest absolute Gasteiger partial charge is 0.481 e. The van der Waals surface area contributed by atoms with Gasteiger partial charge in [0.15, 0.2) is 18.3 Å². The Kier molecular flexibility index (Phi) is 154. The second-order valence-corrected chi connectivity index (χ2v) is 15.5. The quantitative estimate of drug-likeness (QED) is 0.00909. The Bertz CT molecular complexity index is 1910. The Balaban J connectivity index is -0.0000000447. The number of carboxylic acid groups (broad SMARTS) is 3. The van der Waals surface area contributed by atoms with Gasteiger partial charge in [-0.15, -0.1) is 0 Å². The maximum absolute atomic E-state index is 11.8. The molecule has 0 aromatic heterocycles. The molecule has 6 N–H and O–H groups in total. The van der Waals surface area contributed by atoms with Crippen molar-refractivity contribution in [2.45, 2.75) is 276 Å². The first kappa shape index (κ1) is 149. The number of aliphatic hydroxyl groups is 3. The molecule has 30 nitrogen and oxygen atoms in total. The number of esters is 7. The minimum absolute atomic E-state index is 0. The molecular weight excluding hydrogens is 1270 g/mol. The predicted molar refractivity (Wildman–Crippen MR) is 384 cm³/mol. The number of hydrogen-bond acceptors (Lipinski definition) is 27. The second-order valence-electron chi connectivity index (χ2n) is 15.5. The third-order valence-corrected chi connectivity index (χ3v) is 8.79. The van der Waals surface area contributed by atoms with E-state index in [-0.39, 0.29) is 218 Å². The van der Waals surface area contributed by atoms with Crippen LogP contribution in [-0.2, 0) is 105 Å². The van der Waals surface area contributed by atoms with Gasteiger partial charge in [-0.3, -0.25) is 47.9 Å². The summed E-state index contributed by atoms with van der Waals surface area (Å²) in [6.07, 6.45) is -1.83. The maximum Gasteiger partial charge on any atom is 0.347 e. The van der Waals surface area contributed by atoms with E-state index in [0.29, 0.717) is 63.5 Å². The van der Waals surface area contributed by atoms with E-state index in [0.717, 1.165) is 20.2 Å². The van der Waals surface area contributed by atoms with E-state index in [2.05, 4.69) is 19.5 Å². The van der Waals surface area contributed by atoms with Crippen LogP contribution in [0, 0.1) is 0 Å². The van der Waals surface area contributed by atoms with Gasteiger partial charge >= 0.3 is 78.4 Å². The van der Waals surface area contributed by atoms with Gasteiger partial charge < -0.3 is 73.3 Å². The number of carbonyl (C=O) groups excluding carboxylic acids is 9. The van der Waals surface area contributed by atoms with Crippen LogP contribution in [0.5, 0.6) is 0 Å². The van der Waals surface area contributed by atoms with Crippen LogP contribution in [0.1, 0.15) is 251 Å². The van der Waals surface area contributed by atoms with Gasteiger partial charge in [-0.2, -0.15) is 0 Å². The van der Waals surface area contributed by atoms with Crippen LogP contribution in [0.3, 0.4) is 0 Å². The molecule has 1 saturated heterocycles. The number of aliphatic imine (C=N–C) groups is 2. The van der Waals surface area contributed by atoms with Crippen molar-refractivity contribution < 1.29 is 136 Å². The number of Topliss-reactive ketones (excluding diaryl/α,β-unsaturated/α-hetero) is 2. The number of rotatable bonds is 32. The Hall–Kier alpha value is -7.12. The van der Waals surface area contributed by atoms with Crippen molar-refractivity contribution >= 4 is 90.2 Å². The first-order chi connectivity index (χ1) is 37.0. The molecule has 96 heavy (non-hydrogen) atoms. The molecule has 31 heteroatoms. The molecule has 3 rings (SSSR count). The number of nitrogens with zero attached hydrogens (tertiary/aromatic N) is 2. The Morgan fingerprint density at radius 2 is 0.812 bits per heavy atom. The molecule has 3 unspecified atom stereocenters. The van der Waals surface area contributed by atoms with E-state index in [1.807, 2.05) is 0 Å². The molecule has 3 heterocycles. The van der Waals surface area contributed by atoms with E-state index in [1.165, 1.54) is 27.6 Å². The molecule has 586 valence electrons. The molecule has 3 aliphatic heterocycles. The first-order valence-electron chi connectivity index (χ1n) is 24.5. The normalized spacial score (nSPS) is 11.0. The van der Waals surface area contributed by atoms with Crippen molar-refractivity contribution in [2.75, 3.05) is 72.6 Å². The minimum Gasteiger partial charge on any atom is -0.481 e. The summed E-state index contributed by atoms with van der Waals surface area (Å²) < 4.78 is 52.6. The van der Waals surface area contributed by atoms with Gasteiger partial charge in [-0.25, -0.2) is 19.6 Å². The van der Waals surface area contributed by atoms with Crippen LogP contribution in [0.25, 0.3) is 0 Å². The summed E-state index contributed by atoms with van der Waals surface area (Å²) in [4.78, 5) is 140. The van der Waals surface area contributed by atoms with Crippen molar-refractivity contribution in [1.82, 2.24) is 0 Å². The number of aliphatic hydroxyl groups excluding tert-OH is 3. The third kappa shape index (κ3) is 93.3. The number of cyclic esters (lactones) is 2. The van der Waals surface area contributed by atoms with Crippen molar-refractivity contribution in [3.05, 3.63) is 0 Å². The summed E-state index contributed by atoms with van der Waals surface area (Å²) in [5.41, 5.74) is 0. The maximum atomic E-state index is 11.8. The van der Waals surface area contributed by atoms with E-state index in [4.69, 9.17) is 68.5 Å². The van der Waals surface area contributed by atoms with Gasteiger partial charge in [0.1, 0.15) is 19.8 Å². The van der Waals surface area contributed by atoms with Gasteiger partial charge in [0.2, 0.25) is 11.6 Å². The number of carbonyl (C=O) groups is 12. The molecule has 3 atom stereocenters. The molecule has 0 aromatic rings. The predicted octanol–water partition coefficient (Wildman–Crippen LogP) is 11.5. The van der Waals surface area contributed by atoms with Crippen molar-refractivity contribution in [2.24, 2.45) is 9.98 Å². The van der Waals surface area contributed by atoms with Gasteiger partial charge in [0.05, 0.1) is 71.6 Å². The topological polar surface area (TPSA) is 451 Å². The molecule has 3 aliphatic rings.